The predicted octanol–water partition coefficient (Wildman–Crippen LogP) is 2.62. The number of benzene rings is 1. The maximum absolute atomic E-state index is 12.1. The third kappa shape index (κ3) is 5.28. The Morgan fingerprint density at radius 3 is 2.65 bits per heavy atom. The van der Waals surface area contributed by atoms with Crippen LogP contribution in [-0.4, -0.2) is 40.4 Å². The van der Waals surface area contributed by atoms with E-state index in [2.05, 4.69) is 25.9 Å². The Bertz CT molecular complexity index is 815. The fourth-order valence-electron chi connectivity index (χ4n) is 2.17. The highest BCUT2D eigenvalue weighted by molar-refractivity contribution is 6.34. The Hall–Kier alpha value is -2.94. The Labute approximate surface area is 155 Å². The molecule has 0 atom stereocenters. The molecule has 9 nitrogen and oxygen atoms in total. The summed E-state index contributed by atoms with van der Waals surface area (Å²) in [6, 6.07) is 5.56. The van der Waals surface area contributed by atoms with Gasteiger partial charge in [-0.2, -0.15) is 4.98 Å². The second kappa shape index (κ2) is 8.95. The van der Waals surface area contributed by atoms with Crippen molar-refractivity contribution in [1.82, 2.24) is 15.3 Å². The molecule has 0 spiro atoms. The van der Waals surface area contributed by atoms with Crippen LogP contribution in [0.15, 0.2) is 24.3 Å². The van der Waals surface area contributed by atoms with E-state index in [-0.39, 0.29) is 16.3 Å². The SMILES string of the molecule is CCNc1cc(C)nc(NCCNC(=O)c2ccc([N+](=O)[O-])cc2Cl)n1. The molecule has 0 bridgehead atoms. The van der Waals surface area contributed by atoms with Gasteiger partial charge in [0.15, 0.2) is 0 Å². The molecule has 1 amide bonds. The molecule has 2 aromatic rings. The van der Waals surface area contributed by atoms with Crippen LogP contribution in [0.4, 0.5) is 17.5 Å². The van der Waals surface area contributed by atoms with Crippen LogP contribution in [0.3, 0.4) is 0 Å². The minimum absolute atomic E-state index is 0.0296. The monoisotopic (exact) mass is 378 g/mol. The molecule has 0 aliphatic heterocycles. The van der Waals surface area contributed by atoms with E-state index in [1.807, 2.05) is 19.9 Å². The average molecular weight is 379 g/mol. The molecule has 0 saturated carbocycles. The second-order valence-electron chi connectivity index (χ2n) is 5.35. The fourth-order valence-corrected chi connectivity index (χ4v) is 2.43. The van der Waals surface area contributed by atoms with Crippen molar-refractivity contribution in [2.75, 3.05) is 30.3 Å². The zero-order valence-electron chi connectivity index (χ0n) is 14.4. The summed E-state index contributed by atoms with van der Waals surface area (Å²) < 4.78 is 0. The first kappa shape index (κ1) is 19.4. The average Bonchev–Trinajstić information content (AvgIpc) is 2.58. The molecule has 138 valence electrons. The summed E-state index contributed by atoms with van der Waals surface area (Å²) >= 11 is 5.93. The number of nitrogens with zero attached hydrogens (tertiary/aromatic N) is 3. The van der Waals surface area contributed by atoms with Crippen LogP contribution in [-0.2, 0) is 0 Å². The number of amides is 1. The minimum atomic E-state index is -0.568. The maximum Gasteiger partial charge on any atom is 0.270 e. The molecule has 2 rings (SSSR count). The molecule has 1 aromatic carbocycles. The number of aryl methyl sites for hydroxylation is 1. The van der Waals surface area contributed by atoms with Crippen molar-refractivity contribution in [3.8, 4) is 0 Å². The predicted molar refractivity (Wildman–Crippen MR) is 99.9 cm³/mol. The van der Waals surface area contributed by atoms with Crippen molar-refractivity contribution in [3.05, 3.63) is 50.7 Å². The lowest BCUT2D eigenvalue weighted by molar-refractivity contribution is -0.384. The number of carbonyl (C=O) groups is 1. The number of hydrogen-bond acceptors (Lipinski definition) is 7. The largest absolute Gasteiger partial charge is 0.370 e. The van der Waals surface area contributed by atoms with E-state index in [0.29, 0.717) is 19.0 Å². The molecular formula is C16H19ClN6O3. The molecular weight excluding hydrogens is 360 g/mol. The lowest BCUT2D eigenvalue weighted by Gasteiger charge is -2.10. The second-order valence-corrected chi connectivity index (χ2v) is 5.76. The topological polar surface area (TPSA) is 122 Å². The number of halogens is 1. The van der Waals surface area contributed by atoms with Gasteiger partial charge in [0.05, 0.1) is 15.5 Å². The van der Waals surface area contributed by atoms with Gasteiger partial charge < -0.3 is 16.0 Å². The Balaban J connectivity index is 1.88. The summed E-state index contributed by atoms with van der Waals surface area (Å²) in [7, 11) is 0. The number of nitrogens with one attached hydrogen (secondary N) is 3. The van der Waals surface area contributed by atoms with Crippen molar-refractivity contribution in [1.29, 1.82) is 0 Å². The molecule has 3 N–H and O–H groups in total. The molecule has 26 heavy (non-hydrogen) atoms. The molecule has 0 aliphatic rings. The molecule has 0 saturated heterocycles. The fraction of sp³-hybridized carbons (Fsp3) is 0.312. The lowest BCUT2D eigenvalue weighted by atomic mass is 10.2. The Kier molecular flexibility index (Phi) is 6.67. The van der Waals surface area contributed by atoms with E-state index in [4.69, 9.17) is 11.6 Å². The van der Waals surface area contributed by atoms with Crippen molar-refractivity contribution >= 4 is 35.0 Å². The first-order valence-corrected chi connectivity index (χ1v) is 8.34. The van der Waals surface area contributed by atoms with E-state index >= 15 is 0 Å². The molecule has 0 fully saturated rings. The number of anilines is 2. The standard InChI is InChI=1S/C16H19ClN6O3/c1-3-18-14-8-10(2)21-16(22-14)20-7-6-19-15(24)12-5-4-11(23(25)26)9-13(12)17/h4-5,8-9H,3,6-7H2,1-2H3,(H,19,24)(H2,18,20,21,22). The van der Waals surface area contributed by atoms with Crippen LogP contribution in [0.2, 0.25) is 5.02 Å². The lowest BCUT2D eigenvalue weighted by Crippen LogP contribution is -2.29. The van der Waals surface area contributed by atoms with Crippen LogP contribution in [0.25, 0.3) is 0 Å². The first-order chi connectivity index (χ1) is 12.4. The van der Waals surface area contributed by atoms with E-state index in [1.54, 1.807) is 0 Å². The van der Waals surface area contributed by atoms with Gasteiger partial charge >= 0.3 is 0 Å². The summed E-state index contributed by atoms with van der Waals surface area (Å²) in [5, 5.41) is 19.6. The minimum Gasteiger partial charge on any atom is -0.370 e. The zero-order valence-corrected chi connectivity index (χ0v) is 15.1. The number of aromatic nitrogens is 2. The van der Waals surface area contributed by atoms with E-state index in [1.165, 1.54) is 12.1 Å². The van der Waals surface area contributed by atoms with Crippen LogP contribution < -0.4 is 16.0 Å². The van der Waals surface area contributed by atoms with Crippen molar-refractivity contribution in [2.24, 2.45) is 0 Å². The summed E-state index contributed by atoms with van der Waals surface area (Å²) in [6.07, 6.45) is 0. The Morgan fingerprint density at radius 2 is 2.00 bits per heavy atom. The van der Waals surface area contributed by atoms with Crippen molar-refractivity contribution in [3.63, 3.8) is 0 Å². The number of rotatable bonds is 8. The maximum atomic E-state index is 12.1. The number of non-ortho nitro benzene ring substituents is 1. The molecule has 0 radical (unpaired) electrons. The number of carbonyl (C=O) groups excluding carboxylic acids is 1. The number of nitro benzene ring substituents is 1. The summed E-state index contributed by atoms with van der Waals surface area (Å²) in [5.74, 6) is 0.776. The van der Waals surface area contributed by atoms with Gasteiger partial charge in [0.25, 0.3) is 11.6 Å². The summed E-state index contributed by atoms with van der Waals surface area (Å²) in [4.78, 5) is 30.8. The smallest absolute Gasteiger partial charge is 0.270 e. The Morgan fingerprint density at radius 1 is 1.23 bits per heavy atom. The van der Waals surface area contributed by atoms with Crippen molar-refractivity contribution in [2.45, 2.75) is 13.8 Å². The molecule has 1 aromatic heterocycles. The van der Waals surface area contributed by atoms with Crippen LogP contribution in [0, 0.1) is 17.0 Å². The highest BCUT2D eigenvalue weighted by Crippen LogP contribution is 2.22. The van der Waals surface area contributed by atoms with Crippen LogP contribution in [0.1, 0.15) is 23.0 Å². The van der Waals surface area contributed by atoms with Gasteiger partial charge in [-0.1, -0.05) is 11.6 Å². The van der Waals surface area contributed by atoms with Gasteiger partial charge in [0.2, 0.25) is 5.95 Å². The number of nitro groups is 1. The van der Waals surface area contributed by atoms with Crippen LogP contribution >= 0.6 is 11.6 Å². The highest BCUT2D eigenvalue weighted by Gasteiger charge is 2.14. The van der Waals surface area contributed by atoms with Gasteiger partial charge in [-0.05, 0) is 19.9 Å². The third-order valence-electron chi connectivity index (χ3n) is 3.31. The first-order valence-electron chi connectivity index (χ1n) is 7.96. The molecule has 0 aliphatic carbocycles. The van der Waals surface area contributed by atoms with E-state index in [0.717, 1.165) is 24.1 Å². The van der Waals surface area contributed by atoms with E-state index in [9.17, 15) is 14.9 Å². The molecule has 1 heterocycles. The van der Waals surface area contributed by atoms with Gasteiger partial charge in [-0.25, -0.2) is 4.98 Å². The molecule has 0 unspecified atom stereocenters. The third-order valence-corrected chi connectivity index (χ3v) is 3.63. The van der Waals surface area contributed by atoms with Gasteiger partial charge in [0, 0.05) is 43.5 Å². The van der Waals surface area contributed by atoms with Gasteiger partial charge in [-0.3, -0.25) is 14.9 Å². The summed E-state index contributed by atoms with van der Waals surface area (Å²) in [5.41, 5.74) is 0.833. The summed E-state index contributed by atoms with van der Waals surface area (Å²) in [6.45, 7) is 5.31. The van der Waals surface area contributed by atoms with Crippen LogP contribution in [0.5, 0.6) is 0 Å². The van der Waals surface area contributed by atoms with E-state index < -0.39 is 10.8 Å². The normalized spacial score (nSPS) is 10.3. The highest BCUT2D eigenvalue weighted by atomic mass is 35.5. The van der Waals surface area contributed by atoms with Gasteiger partial charge in [-0.15, -0.1) is 0 Å². The van der Waals surface area contributed by atoms with Crippen molar-refractivity contribution < 1.29 is 9.72 Å². The molecule has 10 heteroatoms. The number of hydrogen-bond donors (Lipinski definition) is 3. The van der Waals surface area contributed by atoms with Gasteiger partial charge in [0.1, 0.15) is 5.82 Å². The quantitative estimate of drug-likeness (QED) is 0.366. The zero-order chi connectivity index (χ0) is 19.1.